The van der Waals surface area contributed by atoms with Crippen LogP contribution in [0.15, 0.2) is 47.2 Å². The van der Waals surface area contributed by atoms with Crippen LogP contribution in [0.2, 0.25) is 0 Å². The second kappa shape index (κ2) is 8.37. The van der Waals surface area contributed by atoms with Crippen molar-refractivity contribution in [2.24, 2.45) is 5.92 Å². The quantitative estimate of drug-likeness (QED) is 0.641. The number of hydrogen-bond donors (Lipinski definition) is 0. The summed E-state index contributed by atoms with van der Waals surface area (Å²) in [4.78, 5) is 23.8. The minimum absolute atomic E-state index is 0.0347. The van der Waals surface area contributed by atoms with Crippen molar-refractivity contribution in [2.45, 2.75) is 25.2 Å². The zero-order chi connectivity index (χ0) is 21.2. The maximum absolute atomic E-state index is 13.3. The summed E-state index contributed by atoms with van der Waals surface area (Å²) in [5.41, 5.74) is 1.82. The highest BCUT2D eigenvalue weighted by Gasteiger charge is 2.34. The molecule has 2 aliphatic heterocycles. The number of rotatable bonds is 4. The molecule has 5 rings (SSSR count). The Bertz CT molecular complexity index is 1070. The minimum atomic E-state index is -0.202. The number of carbonyl (C=O) groups excluding carboxylic acids is 1. The molecule has 0 N–H and O–H groups in total. The van der Waals surface area contributed by atoms with Crippen molar-refractivity contribution >= 4 is 5.91 Å². The monoisotopic (exact) mass is 420 g/mol. The van der Waals surface area contributed by atoms with E-state index >= 15 is 0 Å². The highest BCUT2D eigenvalue weighted by molar-refractivity contribution is 5.80. The molecule has 160 valence electrons. The predicted molar refractivity (Wildman–Crippen MR) is 112 cm³/mol. The number of ether oxygens (including phenoxy) is 2. The highest BCUT2D eigenvalue weighted by atomic mass is 16.5. The molecule has 1 aromatic carbocycles. The summed E-state index contributed by atoms with van der Waals surface area (Å²) in [5.74, 6) is 2.65. The van der Waals surface area contributed by atoms with Crippen LogP contribution in [0.4, 0.5) is 0 Å². The lowest BCUT2D eigenvalue weighted by Crippen LogP contribution is -2.45. The summed E-state index contributed by atoms with van der Waals surface area (Å²) in [6.07, 6.45) is 5.89. The van der Waals surface area contributed by atoms with Crippen molar-refractivity contribution in [1.82, 2.24) is 20.0 Å². The van der Waals surface area contributed by atoms with Gasteiger partial charge in [0, 0.05) is 31.0 Å². The first-order valence-electron chi connectivity index (χ1n) is 10.5. The van der Waals surface area contributed by atoms with E-state index in [0.717, 1.165) is 42.0 Å². The Labute approximate surface area is 180 Å². The summed E-state index contributed by atoms with van der Waals surface area (Å²) >= 11 is 0. The standard InChI is InChI=1S/C23H24N4O4/c1-29-19-6-7-20-17(11-19)10-18(14-30-20)23(28)27-9-3-5-16(13-27)22-25-21(26-31-22)15-4-2-8-24-12-15/h2,4,6-8,11-12,16,18H,3,5,9-10,13-14H2,1H3/t16-,18-/m0/s1. The van der Waals surface area contributed by atoms with Crippen LogP contribution >= 0.6 is 0 Å². The molecule has 1 saturated heterocycles. The zero-order valence-corrected chi connectivity index (χ0v) is 17.4. The number of hydrogen-bond acceptors (Lipinski definition) is 7. The van der Waals surface area contributed by atoms with E-state index in [2.05, 4.69) is 15.1 Å². The van der Waals surface area contributed by atoms with Crippen molar-refractivity contribution in [3.8, 4) is 22.9 Å². The molecule has 31 heavy (non-hydrogen) atoms. The Hall–Kier alpha value is -3.42. The first-order valence-corrected chi connectivity index (χ1v) is 10.5. The molecule has 4 heterocycles. The molecule has 2 atom stereocenters. The molecule has 0 aliphatic carbocycles. The number of methoxy groups -OCH3 is 1. The van der Waals surface area contributed by atoms with Crippen LogP contribution in [0.5, 0.6) is 11.5 Å². The van der Waals surface area contributed by atoms with Crippen molar-refractivity contribution in [2.75, 3.05) is 26.8 Å². The van der Waals surface area contributed by atoms with Gasteiger partial charge in [-0.1, -0.05) is 5.16 Å². The van der Waals surface area contributed by atoms with E-state index in [1.165, 1.54) is 0 Å². The number of likely N-dealkylation sites (tertiary alicyclic amines) is 1. The lowest BCUT2D eigenvalue weighted by atomic mass is 9.92. The van der Waals surface area contributed by atoms with Crippen LogP contribution in [0, 0.1) is 5.92 Å². The summed E-state index contributed by atoms with van der Waals surface area (Å²) in [5, 5.41) is 4.10. The first-order chi connectivity index (χ1) is 15.2. The number of nitrogens with zero attached hydrogens (tertiary/aromatic N) is 4. The molecule has 1 amide bonds. The molecule has 3 aromatic rings. The number of pyridine rings is 1. The van der Waals surface area contributed by atoms with Crippen molar-refractivity contribution in [1.29, 1.82) is 0 Å². The zero-order valence-electron chi connectivity index (χ0n) is 17.4. The van der Waals surface area contributed by atoms with Gasteiger partial charge in [-0.2, -0.15) is 4.98 Å². The lowest BCUT2D eigenvalue weighted by molar-refractivity contribution is -0.138. The fourth-order valence-corrected chi connectivity index (χ4v) is 4.31. The summed E-state index contributed by atoms with van der Waals surface area (Å²) < 4.78 is 16.7. The first kappa shape index (κ1) is 19.5. The van der Waals surface area contributed by atoms with Crippen LogP contribution in [0.1, 0.15) is 30.2 Å². The maximum atomic E-state index is 13.3. The molecule has 2 aromatic heterocycles. The van der Waals surface area contributed by atoms with E-state index in [-0.39, 0.29) is 17.7 Å². The van der Waals surface area contributed by atoms with Gasteiger partial charge >= 0.3 is 0 Å². The molecule has 0 radical (unpaired) electrons. The van der Waals surface area contributed by atoms with Gasteiger partial charge in [0.1, 0.15) is 18.1 Å². The minimum Gasteiger partial charge on any atom is -0.497 e. The molecule has 0 unspecified atom stereocenters. The van der Waals surface area contributed by atoms with E-state index < -0.39 is 0 Å². The van der Waals surface area contributed by atoms with Crippen molar-refractivity contribution < 1.29 is 18.8 Å². The number of amides is 1. The van der Waals surface area contributed by atoms with Gasteiger partial charge in [0.2, 0.25) is 17.6 Å². The third kappa shape index (κ3) is 3.97. The fraction of sp³-hybridized carbons (Fsp3) is 0.391. The van der Waals surface area contributed by atoms with Crippen molar-refractivity contribution in [3.63, 3.8) is 0 Å². The van der Waals surface area contributed by atoms with E-state index in [9.17, 15) is 4.79 Å². The van der Waals surface area contributed by atoms with E-state index in [1.54, 1.807) is 19.5 Å². The molecule has 0 spiro atoms. The maximum Gasteiger partial charge on any atom is 0.231 e. The average Bonchev–Trinajstić information content (AvgIpc) is 3.34. The highest BCUT2D eigenvalue weighted by Crippen LogP contribution is 2.33. The third-order valence-electron chi connectivity index (χ3n) is 5.97. The molecule has 0 bridgehead atoms. The molecule has 8 nitrogen and oxygen atoms in total. The largest absolute Gasteiger partial charge is 0.497 e. The topological polar surface area (TPSA) is 90.6 Å². The molecular formula is C23H24N4O4. The summed E-state index contributed by atoms with van der Waals surface area (Å²) in [7, 11) is 1.64. The Morgan fingerprint density at radius 2 is 2.23 bits per heavy atom. The third-order valence-corrected chi connectivity index (χ3v) is 5.97. The molecule has 0 saturated carbocycles. The Balaban J connectivity index is 1.27. The number of aromatic nitrogens is 3. The van der Waals surface area contributed by atoms with Gasteiger partial charge in [0.25, 0.3) is 0 Å². The Morgan fingerprint density at radius 3 is 3.06 bits per heavy atom. The second-order valence-electron chi connectivity index (χ2n) is 8.01. The van der Waals surface area contributed by atoms with Crippen LogP contribution < -0.4 is 9.47 Å². The van der Waals surface area contributed by atoms with E-state index in [1.807, 2.05) is 35.2 Å². The van der Waals surface area contributed by atoms with Gasteiger partial charge in [0.15, 0.2) is 0 Å². The number of carbonyl (C=O) groups is 1. The smallest absolute Gasteiger partial charge is 0.231 e. The number of benzene rings is 1. The number of piperidine rings is 1. The van der Waals surface area contributed by atoms with Crippen LogP contribution in [-0.2, 0) is 11.2 Å². The Morgan fingerprint density at radius 1 is 1.29 bits per heavy atom. The van der Waals surface area contributed by atoms with Crippen molar-refractivity contribution in [3.05, 3.63) is 54.2 Å². The Kier molecular flexibility index (Phi) is 5.28. The number of fused-ring (bicyclic) bond motifs is 1. The van der Waals surface area contributed by atoms with Gasteiger partial charge < -0.3 is 18.9 Å². The molecule has 8 heteroatoms. The predicted octanol–water partition coefficient (Wildman–Crippen LogP) is 3.10. The molecule has 1 fully saturated rings. The normalized spacial score (nSPS) is 20.6. The molecular weight excluding hydrogens is 396 g/mol. The average molecular weight is 420 g/mol. The second-order valence-corrected chi connectivity index (χ2v) is 8.01. The lowest BCUT2D eigenvalue weighted by Gasteiger charge is -2.35. The van der Waals surface area contributed by atoms with E-state index in [0.29, 0.717) is 31.3 Å². The van der Waals surface area contributed by atoms with Gasteiger partial charge in [-0.05, 0) is 55.2 Å². The van der Waals surface area contributed by atoms with Gasteiger partial charge in [0.05, 0.1) is 18.9 Å². The summed E-state index contributed by atoms with van der Waals surface area (Å²) in [6, 6.07) is 9.47. The molecule has 2 aliphatic rings. The van der Waals surface area contributed by atoms with Gasteiger partial charge in [-0.25, -0.2) is 0 Å². The van der Waals surface area contributed by atoms with E-state index in [4.69, 9.17) is 14.0 Å². The van der Waals surface area contributed by atoms with Crippen LogP contribution in [0.25, 0.3) is 11.4 Å². The fourth-order valence-electron chi connectivity index (χ4n) is 4.31. The SMILES string of the molecule is COc1ccc2c(c1)C[C@H](C(=O)N1CCC[C@H](c3nc(-c4cccnc4)no3)C1)CO2. The van der Waals surface area contributed by atoms with Gasteiger partial charge in [-0.15, -0.1) is 0 Å². The van der Waals surface area contributed by atoms with Crippen LogP contribution in [0.3, 0.4) is 0 Å². The van der Waals surface area contributed by atoms with Crippen LogP contribution in [-0.4, -0.2) is 52.7 Å². The van der Waals surface area contributed by atoms with Gasteiger partial charge in [-0.3, -0.25) is 9.78 Å². The summed E-state index contributed by atoms with van der Waals surface area (Å²) in [6.45, 7) is 1.71.